The maximum absolute atomic E-state index is 6.11. The molecule has 0 spiro atoms. The van der Waals surface area contributed by atoms with E-state index < -0.39 is 0 Å². The summed E-state index contributed by atoms with van der Waals surface area (Å²) in [7, 11) is 0. The largest absolute Gasteiger partial charge is 0.307 e. The molecule has 2 rings (SSSR count). The van der Waals surface area contributed by atoms with Gasteiger partial charge in [-0.1, -0.05) is 23.2 Å². The minimum atomic E-state index is 0.289. The fraction of sp³-hybridized carbons (Fsp3) is 0.636. The SMILES string of the molecule is CC(NC(C)C1CC1)c1cc(Cl)sc1Cl. The van der Waals surface area contributed by atoms with Crippen LogP contribution < -0.4 is 5.32 Å². The van der Waals surface area contributed by atoms with E-state index in [4.69, 9.17) is 23.2 Å². The predicted molar refractivity (Wildman–Crippen MR) is 68.1 cm³/mol. The van der Waals surface area contributed by atoms with Crippen LogP contribution in [0.3, 0.4) is 0 Å². The molecule has 1 heterocycles. The van der Waals surface area contributed by atoms with Gasteiger partial charge in [0.1, 0.15) is 0 Å². The maximum atomic E-state index is 6.11. The van der Waals surface area contributed by atoms with Crippen molar-refractivity contribution < 1.29 is 0 Å². The molecular formula is C11H15Cl2NS. The van der Waals surface area contributed by atoms with E-state index in [9.17, 15) is 0 Å². The van der Waals surface area contributed by atoms with E-state index in [1.165, 1.54) is 24.2 Å². The monoisotopic (exact) mass is 263 g/mol. The van der Waals surface area contributed by atoms with Crippen molar-refractivity contribution in [2.75, 3.05) is 0 Å². The first kappa shape index (κ1) is 11.7. The average Bonchev–Trinajstić information content (AvgIpc) is 2.92. The Morgan fingerprint density at radius 3 is 2.53 bits per heavy atom. The third kappa shape index (κ3) is 2.88. The highest BCUT2D eigenvalue weighted by Crippen LogP contribution is 2.37. The van der Waals surface area contributed by atoms with Gasteiger partial charge >= 0.3 is 0 Å². The number of hydrogen-bond acceptors (Lipinski definition) is 2. The van der Waals surface area contributed by atoms with Gasteiger partial charge in [0.25, 0.3) is 0 Å². The first-order valence-corrected chi connectivity index (χ1v) is 6.86. The summed E-state index contributed by atoms with van der Waals surface area (Å²) >= 11 is 13.5. The van der Waals surface area contributed by atoms with Gasteiger partial charge in [-0.3, -0.25) is 0 Å². The van der Waals surface area contributed by atoms with Gasteiger partial charge in [0.15, 0.2) is 0 Å². The van der Waals surface area contributed by atoms with Crippen molar-refractivity contribution in [3.63, 3.8) is 0 Å². The highest BCUT2D eigenvalue weighted by Gasteiger charge is 2.29. The summed E-state index contributed by atoms with van der Waals surface area (Å²) in [5, 5.41) is 3.58. The molecule has 0 aromatic carbocycles. The van der Waals surface area contributed by atoms with Gasteiger partial charge in [-0.25, -0.2) is 0 Å². The van der Waals surface area contributed by atoms with E-state index in [0.717, 1.165) is 20.2 Å². The standard InChI is InChI=1S/C11H15Cl2NS/c1-6(8-3-4-8)14-7(2)9-5-10(12)15-11(9)13/h5-8,14H,3-4H2,1-2H3. The van der Waals surface area contributed by atoms with Gasteiger partial charge < -0.3 is 5.32 Å². The Kier molecular flexibility index (Phi) is 3.61. The Balaban J connectivity index is 2.00. The van der Waals surface area contributed by atoms with Gasteiger partial charge in [0, 0.05) is 12.1 Å². The van der Waals surface area contributed by atoms with Crippen LogP contribution in [0.5, 0.6) is 0 Å². The second-order valence-corrected chi connectivity index (χ2v) is 6.58. The van der Waals surface area contributed by atoms with E-state index in [2.05, 4.69) is 19.2 Å². The summed E-state index contributed by atoms with van der Waals surface area (Å²) in [6, 6.07) is 2.83. The van der Waals surface area contributed by atoms with Gasteiger partial charge in [-0.05, 0) is 44.2 Å². The molecular weight excluding hydrogens is 249 g/mol. The number of halogens is 2. The van der Waals surface area contributed by atoms with Crippen LogP contribution in [-0.2, 0) is 0 Å². The first-order chi connectivity index (χ1) is 7.08. The lowest BCUT2D eigenvalue weighted by Crippen LogP contribution is -2.30. The molecule has 1 nitrogen and oxygen atoms in total. The lowest BCUT2D eigenvalue weighted by Gasteiger charge is -2.19. The van der Waals surface area contributed by atoms with Crippen molar-refractivity contribution in [3.8, 4) is 0 Å². The molecule has 1 saturated carbocycles. The molecule has 0 radical (unpaired) electrons. The van der Waals surface area contributed by atoms with Gasteiger partial charge in [0.2, 0.25) is 0 Å². The van der Waals surface area contributed by atoms with Crippen LogP contribution in [0.25, 0.3) is 0 Å². The highest BCUT2D eigenvalue weighted by atomic mass is 35.5. The normalized spacial score (nSPS) is 20.3. The van der Waals surface area contributed by atoms with Crippen LogP contribution >= 0.6 is 34.5 Å². The second kappa shape index (κ2) is 4.62. The van der Waals surface area contributed by atoms with Gasteiger partial charge in [-0.15, -0.1) is 11.3 Å². The Morgan fingerprint density at radius 2 is 2.07 bits per heavy atom. The molecule has 1 aromatic rings. The predicted octanol–water partition coefficient (Wildman–Crippen LogP) is 4.50. The van der Waals surface area contributed by atoms with Gasteiger partial charge in [-0.2, -0.15) is 0 Å². The summed E-state index contributed by atoms with van der Waals surface area (Å²) in [6.45, 7) is 4.39. The quantitative estimate of drug-likeness (QED) is 0.844. The topological polar surface area (TPSA) is 12.0 Å². The van der Waals surface area contributed by atoms with Crippen molar-refractivity contribution in [2.24, 2.45) is 5.92 Å². The number of hydrogen-bond donors (Lipinski definition) is 1. The van der Waals surface area contributed by atoms with Crippen LogP contribution in [-0.4, -0.2) is 6.04 Å². The van der Waals surface area contributed by atoms with Gasteiger partial charge in [0.05, 0.1) is 8.67 Å². The Hall–Kier alpha value is 0.240. The third-order valence-corrected chi connectivity index (χ3v) is 4.51. The molecule has 2 atom stereocenters. The highest BCUT2D eigenvalue weighted by molar-refractivity contribution is 7.20. The minimum Gasteiger partial charge on any atom is -0.307 e. The zero-order chi connectivity index (χ0) is 11.0. The minimum absolute atomic E-state index is 0.289. The third-order valence-electron chi connectivity index (χ3n) is 2.99. The van der Waals surface area contributed by atoms with E-state index in [-0.39, 0.29) is 6.04 Å². The molecule has 2 unspecified atom stereocenters. The summed E-state index contributed by atoms with van der Waals surface area (Å²) < 4.78 is 1.57. The average molecular weight is 264 g/mol. The zero-order valence-electron chi connectivity index (χ0n) is 8.89. The summed E-state index contributed by atoms with van der Waals surface area (Å²) in [6.07, 6.45) is 2.72. The Labute approximate surface area is 105 Å². The molecule has 1 aliphatic rings. The van der Waals surface area contributed by atoms with E-state index >= 15 is 0 Å². The number of thiophene rings is 1. The van der Waals surface area contributed by atoms with E-state index in [1.807, 2.05) is 6.07 Å². The molecule has 0 amide bonds. The van der Waals surface area contributed by atoms with E-state index in [1.54, 1.807) is 0 Å². The maximum Gasteiger partial charge on any atom is 0.0991 e. The summed E-state index contributed by atoms with van der Waals surface area (Å²) in [5.74, 6) is 0.861. The zero-order valence-corrected chi connectivity index (χ0v) is 11.2. The summed E-state index contributed by atoms with van der Waals surface area (Å²) in [4.78, 5) is 0. The van der Waals surface area contributed by atoms with Crippen LogP contribution in [0.2, 0.25) is 8.67 Å². The number of rotatable bonds is 4. The molecule has 4 heteroatoms. The summed E-state index contributed by atoms with van der Waals surface area (Å²) in [5.41, 5.74) is 1.12. The fourth-order valence-electron chi connectivity index (χ4n) is 1.86. The van der Waals surface area contributed by atoms with Crippen LogP contribution in [0.15, 0.2) is 6.07 Å². The molecule has 1 aromatic heterocycles. The van der Waals surface area contributed by atoms with Crippen molar-refractivity contribution in [2.45, 2.75) is 38.8 Å². The van der Waals surface area contributed by atoms with Crippen molar-refractivity contribution >= 4 is 34.5 Å². The Bertz CT molecular complexity index is 346. The lowest BCUT2D eigenvalue weighted by atomic mass is 10.1. The van der Waals surface area contributed by atoms with Crippen LogP contribution in [0.4, 0.5) is 0 Å². The Morgan fingerprint density at radius 1 is 1.40 bits per heavy atom. The van der Waals surface area contributed by atoms with Crippen molar-refractivity contribution in [3.05, 3.63) is 20.3 Å². The lowest BCUT2D eigenvalue weighted by molar-refractivity contribution is 0.442. The molecule has 0 saturated heterocycles. The van der Waals surface area contributed by atoms with Crippen LogP contribution in [0, 0.1) is 5.92 Å². The molecule has 1 fully saturated rings. The first-order valence-electron chi connectivity index (χ1n) is 5.28. The molecule has 0 aliphatic heterocycles. The fourth-order valence-corrected chi connectivity index (χ4v) is 3.51. The van der Waals surface area contributed by atoms with Crippen LogP contribution in [0.1, 0.15) is 38.3 Å². The van der Waals surface area contributed by atoms with Crippen molar-refractivity contribution in [1.29, 1.82) is 0 Å². The molecule has 84 valence electrons. The second-order valence-electron chi connectivity index (χ2n) is 4.29. The van der Waals surface area contributed by atoms with E-state index in [0.29, 0.717) is 6.04 Å². The smallest absolute Gasteiger partial charge is 0.0991 e. The molecule has 1 N–H and O–H groups in total. The van der Waals surface area contributed by atoms with Crippen molar-refractivity contribution in [1.82, 2.24) is 5.32 Å². The number of nitrogens with one attached hydrogen (secondary N) is 1. The molecule has 1 aliphatic carbocycles. The molecule has 15 heavy (non-hydrogen) atoms. The molecule has 0 bridgehead atoms.